The van der Waals surface area contributed by atoms with Gasteiger partial charge in [-0.3, -0.25) is 4.79 Å². The molecule has 0 spiro atoms. The fourth-order valence-corrected chi connectivity index (χ4v) is 3.08. The summed E-state index contributed by atoms with van der Waals surface area (Å²) in [6.45, 7) is 6.82. The van der Waals surface area contributed by atoms with E-state index in [1.54, 1.807) is 0 Å². The van der Waals surface area contributed by atoms with Crippen molar-refractivity contribution in [1.82, 2.24) is 10.2 Å². The number of amides is 1. The Kier molecular flexibility index (Phi) is 5.86. The van der Waals surface area contributed by atoms with Crippen molar-refractivity contribution in [2.75, 3.05) is 26.2 Å². The topological polar surface area (TPSA) is 32.3 Å². The van der Waals surface area contributed by atoms with Crippen LogP contribution in [0.15, 0.2) is 17.5 Å². The number of piperidine rings is 1. The molecule has 1 fully saturated rings. The lowest BCUT2D eigenvalue weighted by Crippen LogP contribution is -2.34. The summed E-state index contributed by atoms with van der Waals surface area (Å²) in [6, 6.07) is 3.78. The van der Waals surface area contributed by atoms with Crippen molar-refractivity contribution in [2.45, 2.75) is 32.6 Å². The summed E-state index contributed by atoms with van der Waals surface area (Å²) in [5.41, 5.74) is 0. The first-order chi connectivity index (χ1) is 9.25. The first-order valence-electron chi connectivity index (χ1n) is 7.30. The van der Waals surface area contributed by atoms with E-state index < -0.39 is 0 Å². The zero-order chi connectivity index (χ0) is 13.5. The Morgan fingerprint density at radius 3 is 2.89 bits per heavy atom. The van der Waals surface area contributed by atoms with Crippen LogP contribution in [0.5, 0.6) is 0 Å². The highest BCUT2D eigenvalue weighted by atomic mass is 32.1. The summed E-state index contributed by atoms with van der Waals surface area (Å²) < 4.78 is 0. The van der Waals surface area contributed by atoms with E-state index in [-0.39, 0.29) is 5.91 Å². The second-order valence-electron chi connectivity index (χ2n) is 5.46. The quantitative estimate of drug-likeness (QED) is 0.813. The Balaban J connectivity index is 1.51. The molecule has 0 atom stereocenters. The zero-order valence-electron chi connectivity index (χ0n) is 11.7. The third-order valence-corrected chi connectivity index (χ3v) is 4.68. The van der Waals surface area contributed by atoms with Crippen LogP contribution in [-0.2, 0) is 0 Å². The molecule has 106 valence electrons. The van der Waals surface area contributed by atoms with E-state index in [4.69, 9.17) is 0 Å². The third kappa shape index (κ3) is 4.96. The molecule has 1 saturated heterocycles. The number of nitrogens with one attached hydrogen (secondary N) is 1. The van der Waals surface area contributed by atoms with Gasteiger partial charge in [0.1, 0.15) is 0 Å². The summed E-state index contributed by atoms with van der Waals surface area (Å²) in [7, 11) is 0. The highest BCUT2D eigenvalue weighted by molar-refractivity contribution is 7.12. The van der Waals surface area contributed by atoms with E-state index in [2.05, 4.69) is 17.1 Å². The van der Waals surface area contributed by atoms with Gasteiger partial charge in [0.15, 0.2) is 0 Å². The van der Waals surface area contributed by atoms with E-state index in [1.807, 2.05) is 17.5 Å². The van der Waals surface area contributed by atoms with Crippen LogP contribution < -0.4 is 5.32 Å². The van der Waals surface area contributed by atoms with E-state index in [1.165, 1.54) is 50.2 Å². The minimum Gasteiger partial charge on any atom is -0.351 e. The van der Waals surface area contributed by atoms with Crippen molar-refractivity contribution < 1.29 is 4.79 Å². The summed E-state index contributed by atoms with van der Waals surface area (Å²) in [6.07, 6.45) is 4.94. The van der Waals surface area contributed by atoms with Gasteiger partial charge in [0, 0.05) is 6.54 Å². The Morgan fingerprint density at radius 2 is 2.21 bits per heavy atom. The van der Waals surface area contributed by atoms with Gasteiger partial charge in [-0.2, -0.15) is 0 Å². The molecular formula is C15H24N2OS. The summed E-state index contributed by atoms with van der Waals surface area (Å²) >= 11 is 1.50. The minimum absolute atomic E-state index is 0.0711. The molecule has 1 N–H and O–H groups in total. The predicted octanol–water partition coefficient (Wildman–Crippen LogP) is 2.99. The van der Waals surface area contributed by atoms with Gasteiger partial charge in [0.25, 0.3) is 5.91 Å². The normalized spacial score (nSPS) is 17.5. The van der Waals surface area contributed by atoms with E-state index >= 15 is 0 Å². The monoisotopic (exact) mass is 280 g/mol. The number of thiophene rings is 1. The molecule has 1 aliphatic rings. The highest BCUT2D eigenvalue weighted by Gasteiger charge is 2.14. The van der Waals surface area contributed by atoms with Gasteiger partial charge in [-0.1, -0.05) is 13.0 Å². The molecule has 4 heteroatoms. The highest BCUT2D eigenvalue weighted by Crippen LogP contribution is 2.16. The average Bonchev–Trinajstić information content (AvgIpc) is 2.94. The second kappa shape index (κ2) is 7.65. The summed E-state index contributed by atoms with van der Waals surface area (Å²) in [5.74, 6) is 0.975. The van der Waals surface area contributed by atoms with Crippen LogP contribution in [0.3, 0.4) is 0 Å². The molecule has 1 aliphatic heterocycles. The molecule has 1 amide bonds. The Labute approximate surface area is 120 Å². The van der Waals surface area contributed by atoms with Gasteiger partial charge < -0.3 is 10.2 Å². The molecule has 2 rings (SSSR count). The number of likely N-dealkylation sites (tertiary alicyclic amines) is 1. The second-order valence-corrected chi connectivity index (χ2v) is 6.41. The van der Waals surface area contributed by atoms with Crippen LogP contribution in [0.1, 0.15) is 42.3 Å². The number of carbonyl (C=O) groups excluding carboxylic acids is 1. The molecule has 0 bridgehead atoms. The van der Waals surface area contributed by atoms with E-state index in [0.29, 0.717) is 0 Å². The van der Waals surface area contributed by atoms with Gasteiger partial charge >= 0.3 is 0 Å². The maximum absolute atomic E-state index is 11.7. The average molecular weight is 280 g/mol. The van der Waals surface area contributed by atoms with Crippen LogP contribution in [-0.4, -0.2) is 37.0 Å². The predicted molar refractivity (Wildman–Crippen MR) is 80.7 cm³/mol. The van der Waals surface area contributed by atoms with Crippen molar-refractivity contribution in [3.05, 3.63) is 22.4 Å². The molecule has 0 radical (unpaired) electrons. The molecule has 3 nitrogen and oxygen atoms in total. The Bertz CT molecular complexity index is 370. The molecule has 2 heterocycles. The van der Waals surface area contributed by atoms with Crippen molar-refractivity contribution >= 4 is 17.2 Å². The van der Waals surface area contributed by atoms with Crippen LogP contribution in [0.2, 0.25) is 0 Å². The standard InChI is InChI=1S/C15H24N2OS/c1-13-6-10-17(11-7-13)9-3-2-8-16-15(18)14-5-4-12-19-14/h4-5,12-13H,2-3,6-11H2,1H3,(H,16,18). The number of hydrogen-bond acceptors (Lipinski definition) is 3. The Morgan fingerprint density at radius 1 is 1.42 bits per heavy atom. The van der Waals surface area contributed by atoms with Gasteiger partial charge in [-0.05, 0) is 62.7 Å². The third-order valence-electron chi connectivity index (χ3n) is 3.81. The summed E-state index contributed by atoms with van der Waals surface area (Å²) in [5, 5.41) is 4.92. The lowest BCUT2D eigenvalue weighted by molar-refractivity contribution is 0.0956. The van der Waals surface area contributed by atoms with Gasteiger partial charge in [-0.25, -0.2) is 0 Å². The molecule has 0 saturated carbocycles. The smallest absolute Gasteiger partial charge is 0.261 e. The first-order valence-corrected chi connectivity index (χ1v) is 8.18. The van der Waals surface area contributed by atoms with Gasteiger partial charge in [0.05, 0.1) is 4.88 Å². The van der Waals surface area contributed by atoms with Gasteiger partial charge in [-0.15, -0.1) is 11.3 Å². The zero-order valence-corrected chi connectivity index (χ0v) is 12.5. The van der Waals surface area contributed by atoms with Gasteiger partial charge in [0.2, 0.25) is 0 Å². The molecule has 0 unspecified atom stereocenters. The van der Waals surface area contributed by atoms with E-state index in [0.717, 1.165) is 23.8 Å². The number of unbranched alkanes of at least 4 members (excludes halogenated alkanes) is 1. The number of hydrogen-bond donors (Lipinski definition) is 1. The molecule has 1 aromatic rings. The number of carbonyl (C=O) groups is 1. The fraction of sp³-hybridized carbons (Fsp3) is 0.667. The SMILES string of the molecule is CC1CCN(CCCCNC(=O)c2cccs2)CC1. The molecule has 0 aromatic carbocycles. The minimum atomic E-state index is 0.0711. The maximum Gasteiger partial charge on any atom is 0.261 e. The van der Waals surface area contributed by atoms with Crippen LogP contribution in [0, 0.1) is 5.92 Å². The van der Waals surface area contributed by atoms with Crippen molar-refractivity contribution in [1.29, 1.82) is 0 Å². The lowest BCUT2D eigenvalue weighted by Gasteiger charge is -2.30. The number of rotatable bonds is 6. The molecule has 1 aromatic heterocycles. The van der Waals surface area contributed by atoms with Crippen LogP contribution in [0.4, 0.5) is 0 Å². The fourth-order valence-electron chi connectivity index (χ4n) is 2.44. The molecule has 0 aliphatic carbocycles. The van der Waals surface area contributed by atoms with E-state index in [9.17, 15) is 4.79 Å². The van der Waals surface area contributed by atoms with Crippen LogP contribution >= 0.6 is 11.3 Å². The van der Waals surface area contributed by atoms with Crippen molar-refractivity contribution in [2.24, 2.45) is 5.92 Å². The van der Waals surface area contributed by atoms with Crippen molar-refractivity contribution in [3.63, 3.8) is 0 Å². The molecular weight excluding hydrogens is 256 g/mol. The Hall–Kier alpha value is -0.870. The van der Waals surface area contributed by atoms with Crippen LogP contribution in [0.25, 0.3) is 0 Å². The summed E-state index contributed by atoms with van der Waals surface area (Å²) in [4.78, 5) is 15.1. The largest absolute Gasteiger partial charge is 0.351 e. The lowest BCUT2D eigenvalue weighted by atomic mass is 9.99. The molecule has 19 heavy (non-hydrogen) atoms. The maximum atomic E-state index is 11.7. The first kappa shape index (κ1) is 14.5. The van der Waals surface area contributed by atoms with Crippen molar-refractivity contribution in [3.8, 4) is 0 Å². The number of nitrogens with zero attached hydrogens (tertiary/aromatic N) is 1.